The molecule has 0 fully saturated rings. The minimum absolute atomic E-state index is 0.806. The Labute approximate surface area is 133 Å². The molecule has 0 aromatic rings. The first kappa shape index (κ1) is 28.4. The van der Waals surface area contributed by atoms with Gasteiger partial charge in [0.1, 0.15) is 14.8 Å². The summed E-state index contributed by atoms with van der Waals surface area (Å²) in [6.07, 6.45) is 0. The highest BCUT2D eigenvalue weighted by Gasteiger charge is 2.00. The van der Waals surface area contributed by atoms with Gasteiger partial charge in [0.25, 0.3) is 0 Å². The smallest absolute Gasteiger partial charge is 0.324 e. The van der Waals surface area contributed by atoms with E-state index in [0.717, 1.165) is 0 Å². The molecule has 0 saturated carbocycles. The third-order valence-corrected chi connectivity index (χ3v) is 0. The summed E-state index contributed by atoms with van der Waals surface area (Å²) in [5.41, 5.74) is 0. The molecule has 0 amide bonds. The van der Waals surface area contributed by atoms with Crippen molar-refractivity contribution in [1.29, 1.82) is 0 Å². The fourth-order valence-electron chi connectivity index (χ4n) is 0. The maximum absolute atomic E-state index is 8.39. The second kappa shape index (κ2) is 12.9. The molecule has 10 heteroatoms. The van der Waals surface area contributed by atoms with E-state index in [-0.39, 0.29) is 0 Å². The van der Waals surface area contributed by atoms with Gasteiger partial charge < -0.3 is 30.0 Å². The predicted molar refractivity (Wildman–Crippen MR) is 89.4 cm³/mol. The van der Waals surface area contributed by atoms with Crippen LogP contribution in [-0.2, 0) is 0 Å². The lowest BCUT2D eigenvalue weighted by Gasteiger charge is -2.03. The van der Waals surface area contributed by atoms with Crippen LogP contribution in [0.15, 0.2) is 0 Å². The Bertz CT molecular complexity index is 137. The molecule has 0 spiro atoms. The van der Waals surface area contributed by atoms with Gasteiger partial charge in [-0.3, -0.25) is 0 Å². The van der Waals surface area contributed by atoms with E-state index in [9.17, 15) is 0 Å². The summed E-state index contributed by atoms with van der Waals surface area (Å²) >= 11 is 11.0. The van der Waals surface area contributed by atoms with Crippen molar-refractivity contribution < 1.29 is 30.0 Å². The zero-order valence-electron chi connectivity index (χ0n) is 12.0. The molecule has 0 heterocycles. The molecule has 0 aromatic heterocycles. The van der Waals surface area contributed by atoms with Crippen molar-refractivity contribution in [1.82, 2.24) is 0 Å². The molecule has 19 heavy (non-hydrogen) atoms. The summed E-state index contributed by atoms with van der Waals surface area (Å²) in [4.78, 5) is 19.3. The Hall–Kier alpha value is 1.24. The fourth-order valence-corrected chi connectivity index (χ4v) is 0. The highest BCUT2D eigenvalue weighted by molar-refractivity contribution is 7.81. The molecule has 0 aliphatic carbocycles. The van der Waals surface area contributed by atoms with Gasteiger partial charge in [0, 0.05) is 0 Å². The first-order valence-corrected chi connectivity index (χ1v) is 7.48. The van der Waals surface area contributed by atoms with Crippen LogP contribution < -0.4 is 0 Å². The summed E-state index contributed by atoms with van der Waals surface area (Å²) < 4.78 is 0. The van der Waals surface area contributed by atoms with Gasteiger partial charge in [-0.1, -0.05) is 0 Å². The number of hydrogen-bond donors (Lipinski definition) is 9. The number of rotatable bonds is 0. The molecule has 0 aliphatic rings. The third-order valence-electron chi connectivity index (χ3n) is 0. The van der Waals surface area contributed by atoms with E-state index in [1.165, 1.54) is 0 Å². The van der Waals surface area contributed by atoms with Gasteiger partial charge in [0.15, 0.2) is 0 Å². The minimum Gasteiger partial charge on any atom is -0.380 e. The van der Waals surface area contributed by atoms with Gasteiger partial charge in [0.05, 0.1) is 0 Å². The van der Waals surface area contributed by atoms with Crippen molar-refractivity contribution in [2.24, 2.45) is 0 Å². The quantitative estimate of drug-likeness (QED) is 0.182. The van der Waals surface area contributed by atoms with E-state index in [0.29, 0.717) is 0 Å². The average molecular weight is 358 g/mol. The van der Waals surface area contributed by atoms with Crippen molar-refractivity contribution in [2.45, 2.75) is 56.3 Å². The highest BCUT2D eigenvalue weighted by Crippen LogP contribution is 2.11. The van der Waals surface area contributed by atoms with E-state index < -0.39 is 23.4 Å². The molecule has 0 unspecified atom stereocenters. The standard InChI is InChI=1S/3C3H8OS.H3O3P/c3*1-3(2,4)5;1-4(2)3/h3*4-5H,1-2H3;1-3H. The monoisotopic (exact) mass is 358 g/mol. The van der Waals surface area contributed by atoms with Gasteiger partial charge in [-0.25, -0.2) is 0 Å². The van der Waals surface area contributed by atoms with Crippen LogP contribution in [0.25, 0.3) is 0 Å². The lowest BCUT2D eigenvalue weighted by Crippen LogP contribution is -2.05. The van der Waals surface area contributed by atoms with Crippen LogP contribution in [0.1, 0.15) is 41.5 Å². The molecule has 122 valence electrons. The second-order valence-corrected chi connectivity index (χ2v) is 8.57. The van der Waals surface area contributed by atoms with E-state index >= 15 is 0 Å². The summed E-state index contributed by atoms with van der Waals surface area (Å²) in [6, 6.07) is 0. The van der Waals surface area contributed by atoms with Crippen LogP contribution >= 0.6 is 46.5 Å². The van der Waals surface area contributed by atoms with Crippen LogP contribution in [0.2, 0.25) is 0 Å². The maximum atomic E-state index is 8.39. The van der Waals surface area contributed by atoms with Crippen LogP contribution in [0, 0.1) is 0 Å². The van der Waals surface area contributed by atoms with E-state index in [1.54, 1.807) is 41.5 Å². The zero-order valence-corrected chi connectivity index (χ0v) is 15.5. The topological polar surface area (TPSA) is 121 Å². The van der Waals surface area contributed by atoms with E-state index in [1.807, 2.05) is 0 Å². The molecule has 0 radical (unpaired) electrons. The molecular weight excluding hydrogens is 331 g/mol. The van der Waals surface area contributed by atoms with Crippen LogP contribution in [0.4, 0.5) is 0 Å². The molecule has 0 aliphatic heterocycles. The largest absolute Gasteiger partial charge is 0.380 e. The Kier molecular flexibility index (Phi) is 19.3. The molecule has 0 saturated heterocycles. The number of hydrogen-bond acceptors (Lipinski definition) is 9. The van der Waals surface area contributed by atoms with Crippen LogP contribution in [-0.4, -0.2) is 44.8 Å². The first-order valence-electron chi connectivity index (χ1n) is 4.94. The average Bonchev–Trinajstić information content (AvgIpc) is 1.66. The van der Waals surface area contributed by atoms with E-state index in [4.69, 9.17) is 30.0 Å². The van der Waals surface area contributed by atoms with Crippen LogP contribution in [0.5, 0.6) is 0 Å². The van der Waals surface area contributed by atoms with E-state index in [2.05, 4.69) is 37.9 Å². The van der Waals surface area contributed by atoms with Crippen molar-refractivity contribution in [3.63, 3.8) is 0 Å². The first-order chi connectivity index (χ1) is 7.73. The van der Waals surface area contributed by atoms with Gasteiger partial charge >= 0.3 is 8.60 Å². The highest BCUT2D eigenvalue weighted by atomic mass is 32.1. The number of aliphatic hydroxyl groups is 3. The number of thiol groups is 3. The zero-order chi connectivity index (χ0) is 17.1. The summed E-state index contributed by atoms with van der Waals surface area (Å²) in [5.74, 6) is 0. The molecule has 0 bridgehead atoms. The van der Waals surface area contributed by atoms with Crippen molar-refractivity contribution in [3.05, 3.63) is 0 Å². The van der Waals surface area contributed by atoms with Crippen LogP contribution in [0.3, 0.4) is 0 Å². The molecule has 0 rings (SSSR count). The van der Waals surface area contributed by atoms with Gasteiger partial charge in [-0.2, -0.15) is 0 Å². The lowest BCUT2D eigenvalue weighted by atomic mass is 10.5. The lowest BCUT2D eigenvalue weighted by molar-refractivity contribution is 0.181. The third kappa shape index (κ3) is 3720. The summed E-state index contributed by atoms with van der Waals surface area (Å²) in [6.45, 7) is 9.64. The Balaban J connectivity index is -0.0000000793. The summed E-state index contributed by atoms with van der Waals surface area (Å²) in [5, 5.41) is 25.2. The van der Waals surface area contributed by atoms with Crippen molar-refractivity contribution in [2.75, 3.05) is 0 Å². The second-order valence-electron chi connectivity index (χ2n) is 4.75. The molecule has 0 aromatic carbocycles. The Morgan fingerprint density at radius 2 is 0.579 bits per heavy atom. The van der Waals surface area contributed by atoms with Gasteiger partial charge in [-0.05, 0) is 41.5 Å². The Morgan fingerprint density at radius 1 is 0.579 bits per heavy atom. The molecule has 6 nitrogen and oxygen atoms in total. The molecule has 6 N–H and O–H groups in total. The maximum Gasteiger partial charge on any atom is 0.324 e. The Morgan fingerprint density at radius 3 is 0.579 bits per heavy atom. The summed E-state index contributed by atoms with van der Waals surface area (Å²) in [7, 11) is -2.62. The fraction of sp³-hybridized carbons (Fsp3) is 1.00. The van der Waals surface area contributed by atoms with Crippen molar-refractivity contribution in [3.8, 4) is 0 Å². The normalized spacial score (nSPS) is 11.4. The molecule has 0 atom stereocenters. The minimum atomic E-state index is -2.62. The SMILES string of the molecule is CC(C)(O)S.CC(C)(O)S.CC(C)(O)S.OP(O)O. The predicted octanol–water partition coefficient (Wildman–Crippen LogP) is 1.12. The van der Waals surface area contributed by atoms with Gasteiger partial charge in [-0.15, -0.1) is 37.9 Å². The molecular formula is C9H27O6PS3. The van der Waals surface area contributed by atoms with Gasteiger partial charge in [0.2, 0.25) is 0 Å². The van der Waals surface area contributed by atoms with Crippen molar-refractivity contribution >= 4 is 46.5 Å².